The lowest BCUT2D eigenvalue weighted by Crippen LogP contribution is -2.19. The molecule has 1 atom stereocenters. The van der Waals surface area contributed by atoms with E-state index in [1.54, 1.807) is 7.11 Å². The molecule has 0 radical (unpaired) electrons. The van der Waals surface area contributed by atoms with Crippen molar-refractivity contribution in [3.05, 3.63) is 47.7 Å². The molecule has 2 aromatic rings. The summed E-state index contributed by atoms with van der Waals surface area (Å²) in [4.78, 5) is 8.01. The van der Waals surface area contributed by atoms with Gasteiger partial charge in [0.1, 0.15) is 12.1 Å². The highest BCUT2D eigenvalue weighted by molar-refractivity contribution is 5.42. The van der Waals surface area contributed by atoms with Crippen molar-refractivity contribution in [1.82, 2.24) is 9.97 Å². The van der Waals surface area contributed by atoms with Gasteiger partial charge < -0.3 is 10.1 Å². The van der Waals surface area contributed by atoms with E-state index in [9.17, 15) is 4.39 Å². The minimum Gasteiger partial charge on any atom is -0.497 e. The fourth-order valence-corrected chi connectivity index (χ4v) is 2.35. The Hall–Kier alpha value is -2.17. The van der Waals surface area contributed by atoms with Crippen LogP contribution in [0.4, 0.5) is 10.2 Å². The summed E-state index contributed by atoms with van der Waals surface area (Å²) in [6.07, 6.45) is 1.94. The lowest BCUT2D eigenvalue weighted by Gasteiger charge is -2.24. The van der Waals surface area contributed by atoms with E-state index in [0.29, 0.717) is 12.1 Å². The van der Waals surface area contributed by atoms with Crippen molar-refractivity contribution in [2.45, 2.75) is 33.2 Å². The molecule has 1 N–H and O–H groups in total. The van der Waals surface area contributed by atoms with E-state index in [1.165, 1.54) is 6.33 Å². The van der Waals surface area contributed by atoms with Crippen LogP contribution in [0.3, 0.4) is 0 Å². The SMILES string of the molecule is CCc1ncnc(NC(c2ccc(OC)cc2)C(C)C)c1F. The molecule has 5 heteroatoms. The van der Waals surface area contributed by atoms with E-state index in [-0.39, 0.29) is 23.6 Å². The first-order valence-corrected chi connectivity index (χ1v) is 7.46. The first-order valence-electron chi connectivity index (χ1n) is 7.46. The van der Waals surface area contributed by atoms with Gasteiger partial charge in [0.25, 0.3) is 0 Å². The largest absolute Gasteiger partial charge is 0.497 e. The molecule has 0 aliphatic rings. The summed E-state index contributed by atoms with van der Waals surface area (Å²) in [5, 5.41) is 3.21. The van der Waals surface area contributed by atoms with E-state index in [4.69, 9.17) is 4.74 Å². The van der Waals surface area contributed by atoms with Crippen molar-refractivity contribution < 1.29 is 9.13 Å². The Morgan fingerprint density at radius 2 is 1.86 bits per heavy atom. The van der Waals surface area contributed by atoms with E-state index in [1.807, 2.05) is 31.2 Å². The standard InChI is InChI=1S/C17H22FN3O/c1-5-14-15(18)17(20-10-19-14)21-16(11(2)3)12-6-8-13(22-4)9-7-12/h6-11,16H,5H2,1-4H3,(H,19,20,21). The summed E-state index contributed by atoms with van der Waals surface area (Å²) in [5.41, 5.74) is 1.49. The molecule has 0 aliphatic carbocycles. The fourth-order valence-electron chi connectivity index (χ4n) is 2.35. The molecule has 1 aromatic carbocycles. The maximum absolute atomic E-state index is 14.3. The third kappa shape index (κ3) is 3.53. The zero-order valence-corrected chi connectivity index (χ0v) is 13.4. The van der Waals surface area contributed by atoms with Crippen molar-refractivity contribution in [3.8, 4) is 5.75 Å². The van der Waals surface area contributed by atoms with Gasteiger partial charge in [0.2, 0.25) is 0 Å². The topological polar surface area (TPSA) is 47.0 Å². The van der Waals surface area contributed by atoms with Gasteiger partial charge in [-0.2, -0.15) is 0 Å². The number of methoxy groups -OCH3 is 1. The van der Waals surface area contributed by atoms with E-state index in [2.05, 4.69) is 29.1 Å². The van der Waals surface area contributed by atoms with Crippen molar-refractivity contribution in [1.29, 1.82) is 0 Å². The highest BCUT2D eigenvalue weighted by Gasteiger charge is 2.19. The van der Waals surface area contributed by atoms with Gasteiger partial charge in [-0.15, -0.1) is 0 Å². The van der Waals surface area contributed by atoms with Crippen LogP contribution in [0.25, 0.3) is 0 Å². The number of nitrogens with one attached hydrogen (secondary N) is 1. The Morgan fingerprint density at radius 1 is 1.18 bits per heavy atom. The number of rotatable bonds is 6. The maximum atomic E-state index is 14.3. The molecule has 0 amide bonds. The summed E-state index contributed by atoms with van der Waals surface area (Å²) in [6.45, 7) is 6.04. The van der Waals surface area contributed by atoms with E-state index >= 15 is 0 Å². The molecular formula is C17H22FN3O. The predicted molar refractivity (Wildman–Crippen MR) is 85.6 cm³/mol. The van der Waals surface area contributed by atoms with E-state index in [0.717, 1.165) is 11.3 Å². The molecule has 0 saturated carbocycles. The Labute approximate surface area is 130 Å². The van der Waals surface area contributed by atoms with Gasteiger partial charge in [0.15, 0.2) is 11.6 Å². The number of aryl methyl sites for hydroxylation is 1. The third-order valence-corrected chi connectivity index (χ3v) is 3.63. The monoisotopic (exact) mass is 303 g/mol. The van der Waals surface area contributed by atoms with Gasteiger partial charge >= 0.3 is 0 Å². The minimum absolute atomic E-state index is 0.0417. The molecular weight excluding hydrogens is 281 g/mol. The summed E-state index contributed by atoms with van der Waals surface area (Å²) < 4.78 is 19.5. The highest BCUT2D eigenvalue weighted by Crippen LogP contribution is 2.28. The molecule has 2 rings (SSSR count). The smallest absolute Gasteiger partial charge is 0.186 e. The average molecular weight is 303 g/mol. The van der Waals surface area contributed by atoms with Crippen molar-refractivity contribution in [2.24, 2.45) is 5.92 Å². The zero-order chi connectivity index (χ0) is 16.1. The van der Waals surface area contributed by atoms with Crippen molar-refractivity contribution in [2.75, 3.05) is 12.4 Å². The van der Waals surface area contributed by atoms with Gasteiger partial charge in [-0.1, -0.05) is 32.9 Å². The van der Waals surface area contributed by atoms with Crippen LogP contribution in [0.5, 0.6) is 5.75 Å². The number of hydrogen-bond donors (Lipinski definition) is 1. The second kappa shape index (κ2) is 7.20. The van der Waals surface area contributed by atoms with Gasteiger partial charge in [0.05, 0.1) is 18.8 Å². The summed E-state index contributed by atoms with van der Waals surface area (Å²) in [6, 6.07) is 7.73. The first-order chi connectivity index (χ1) is 10.6. The van der Waals surface area contributed by atoms with Crippen LogP contribution < -0.4 is 10.1 Å². The van der Waals surface area contributed by atoms with Gasteiger partial charge in [-0.05, 0) is 30.0 Å². The molecule has 0 fully saturated rings. The molecule has 1 heterocycles. The van der Waals surface area contributed by atoms with Crippen LogP contribution in [-0.4, -0.2) is 17.1 Å². The minimum atomic E-state index is -0.371. The number of nitrogens with zero attached hydrogens (tertiary/aromatic N) is 2. The molecule has 0 aliphatic heterocycles. The predicted octanol–water partition coefficient (Wildman–Crippen LogP) is 4.00. The van der Waals surface area contributed by atoms with Crippen LogP contribution in [0.15, 0.2) is 30.6 Å². The molecule has 0 saturated heterocycles. The number of hydrogen-bond acceptors (Lipinski definition) is 4. The fraction of sp³-hybridized carbons (Fsp3) is 0.412. The van der Waals surface area contributed by atoms with Crippen molar-refractivity contribution in [3.63, 3.8) is 0 Å². The van der Waals surface area contributed by atoms with Crippen LogP contribution in [0.2, 0.25) is 0 Å². The lowest BCUT2D eigenvalue weighted by molar-refractivity contribution is 0.414. The van der Waals surface area contributed by atoms with Crippen LogP contribution in [0, 0.1) is 11.7 Å². The molecule has 0 bridgehead atoms. The number of halogens is 1. The van der Waals surface area contributed by atoms with Gasteiger partial charge in [-0.3, -0.25) is 0 Å². The number of anilines is 1. The van der Waals surface area contributed by atoms with E-state index < -0.39 is 0 Å². The van der Waals surface area contributed by atoms with Gasteiger partial charge in [0, 0.05) is 0 Å². The van der Waals surface area contributed by atoms with Crippen LogP contribution >= 0.6 is 0 Å². The average Bonchev–Trinajstić information content (AvgIpc) is 2.54. The van der Waals surface area contributed by atoms with Crippen molar-refractivity contribution >= 4 is 5.82 Å². The molecule has 0 spiro atoms. The molecule has 22 heavy (non-hydrogen) atoms. The molecule has 1 unspecified atom stereocenters. The number of ether oxygens (including phenoxy) is 1. The number of aromatic nitrogens is 2. The quantitative estimate of drug-likeness (QED) is 0.876. The second-order valence-electron chi connectivity index (χ2n) is 5.48. The summed E-state index contributed by atoms with van der Waals surface area (Å²) >= 11 is 0. The molecule has 4 nitrogen and oxygen atoms in total. The summed E-state index contributed by atoms with van der Waals surface area (Å²) in [7, 11) is 1.63. The highest BCUT2D eigenvalue weighted by atomic mass is 19.1. The Bertz CT molecular complexity index is 614. The normalized spacial score (nSPS) is 12.3. The molecule has 1 aromatic heterocycles. The summed E-state index contributed by atoms with van der Waals surface area (Å²) in [5.74, 6) is 0.950. The zero-order valence-electron chi connectivity index (χ0n) is 13.4. The second-order valence-corrected chi connectivity index (χ2v) is 5.48. The van der Waals surface area contributed by atoms with Crippen LogP contribution in [-0.2, 0) is 6.42 Å². The maximum Gasteiger partial charge on any atom is 0.186 e. The Balaban J connectivity index is 2.29. The third-order valence-electron chi connectivity index (χ3n) is 3.63. The molecule has 118 valence electrons. The van der Waals surface area contributed by atoms with Gasteiger partial charge in [-0.25, -0.2) is 14.4 Å². The Morgan fingerprint density at radius 3 is 2.41 bits per heavy atom. The first kappa shape index (κ1) is 16.2. The number of benzene rings is 1. The van der Waals surface area contributed by atoms with Crippen LogP contribution in [0.1, 0.15) is 38.1 Å². The Kier molecular flexibility index (Phi) is 5.31. The lowest BCUT2D eigenvalue weighted by atomic mass is 9.96.